The van der Waals surface area contributed by atoms with E-state index in [4.69, 9.17) is 21.0 Å². The Kier molecular flexibility index (Phi) is 5.19. The zero-order valence-corrected chi connectivity index (χ0v) is 17.6. The van der Waals surface area contributed by atoms with Crippen molar-refractivity contribution in [3.63, 3.8) is 0 Å². The Balaban J connectivity index is 1.30. The molecule has 0 N–H and O–H groups in total. The van der Waals surface area contributed by atoms with E-state index in [1.165, 1.54) is 6.26 Å². The van der Waals surface area contributed by atoms with Crippen molar-refractivity contribution in [1.82, 2.24) is 14.9 Å². The second-order valence-electron chi connectivity index (χ2n) is 7.87. The van der Waals surface area contributed by atoms with Crippen molar-refractivity contribution in [2.45, 2.75) is 18.8 Å². The topological polar surface area (TPSA) is 79.5 Å². The van der Waals surface area contributed by atoms with Gasteiger partial charge in [-0.05, 0) is 42.2 Å². The molecule has 0 bridgehead atoms. The molecular formula is C23H21ClN4O3. The average Bonchev–Trinajstić information content (AvgIpc) is 3.34. The summed E-state index contributed by atoms with van der Waals surface area (Å²) in [6.45, 7) is 2.37. The lowest BCUT2D eigenvalue weighted by atomic mass is 9.82. The number of piperazine rings is 1. The first-order valence-electron chi connectivity index (χ1n) is 10.3. The quantitative estimate of drug-likeness (QED) is 0.624. The molecule has 0 saturated carbocycles. The molecule has 158 valence electrons. The molecule has 1 unspecified atom stereocenters. The lowest BCUT2D eigenvalue weighted by Crippen LogP contribution is -2.49. The van der Waals surface area contributed by atoms with Crippen molar-refractivity contribution < 1.29 is 14.0 Å². The van der Waals surface area contributed by atoms with Gasteiger partial charge in [0.25, 0.3) is 5.91 Å². The second-order valence-corrected chi connectivity index (χ2v) is 8.30. The van der Waals surface area contributed by atoms with E-state index in [9.17, 15) is 9.59 Å². The van der Waals surface area contributed by atoms with Crippen LogP contribution in [-0.2, 0) is 6.42 Å². The predicted molar refractivity (Wildman–Crippen MR) is 116 cm³/mol. The maximum atomic E-state index is 12.7. The normalized spacial score (nSPS) is 18.7. The van der Waals surface area contributed by atoms with Crippen LogP contribution in [-0.4, -0.2) is 52.7 Å². The number of furan rings is 1. The van der Waals surface area contributed by atoms with Crippen LogP contribution in [0.2, 0.25) is 5.02 Å². The predicted octanol–water partition coefficient (Wildman–Crippen LogP) is 3.60. The molecule has 7 nitrogen and oxygen atoms in total. The number of nitrogens with zero attached hydrogens (tertiary/aromatic N) is 4. The van der Waals surface area contributed by atoms with Crippen LogP contribution in [0.5, 0.6) is 0 Å². The van der Waals surface area contributed by atoms with E-state index < -0.39 is 0 Å². The summed E-state index contributed by atoms with van der Waals surface area (Å²) in [6, 6.07) is 11.0. The number of hydrogen-bond acceptors (Lipinski definition) is 6. The molecule has 1 aromatic carbocycles. The number of halogens is 1. The van der Waals surface area contributed by atoms with E-state index in [1.54, 1.807) is 23.2 Å². The molecule has 2 aliphatic rings. The minimum atomic E-state index is -0.104. The van der Waals surface area contributed by atoms with Gasteiger partial charge >= 0.3 is 0 Å². The molecule has 1 fully saturated rings. The highest BCUT2D eigenvalue weighted by Gasteiger charge is 2.30. The van der Waals surface area contributed by atoms with Crippen LogP contribution in [0.3, 0.4) is 0 Å². The van der Waals surface area contributed by atoms with Gasteiger partial charge in [0, 0.05) is 43.8 Å². The van der Waals surface area contributed by atoms with E-state index in [0.717, 1.165) is 11.3 Å². The molecule has 1 aliphatic carbocycles. The van der Waals surface area contributed by atoms with E-state index in [1.807, 2.05) is 24.3 Å². The Morgan fingerprint density at radius 2 is 1.84 bits per heavy atom. The number of ketones is 1. The number of anilines is 1. The monoisotopic (exact) mass is 436 g/mol. The summed E-state index contributed by atoms with van der Waals surface area (Å²) in [6.07, 6.45) is 4.29. The molecule has 0 radical (unpaired) electrons. The number of amides is 1. The lowest BCUT2D eigenvalue weighted by molar-refractivity contribution is 0.0714. The van der Waals surface area contributed by atoms with E-state index >= 15 is 0 Å². The zero-order chi connectivity index (χ0) is 21.4. The Labute approximate surface area is 184 Å². The average molecular weight is 437 g/mol. The zero-order valence-electron chi connectivity index (χ0n) is 16.8. The number of aromatic nitrogens is 2. The number of carbonyl (C=O) groups is 2. The smallest absolute Gasteiger partial charge is 0.289 e. The number of Topliss-reactive ketones (excluding diaryl/α,β-unsaturated/α-hetero) is 1. The van der Waals surface area contributed by atoms with Gasteiger partial charge in [0.15, 0.2) is 11.5 Å². The maximum Gasteiger partial charge on any atom is 0.289 e. The highest BCUT2D eigenvalue weighted by atomic mass is 35.5. The van der Waals surface area contributed by atoms with Gasteiger partial charge in [0.1, 0.15) is 0 Å². The largest absolute Gasteiger partial charge is 0.459 e. The first-order valence-corrected chi connectivity index (χ1v) is 10.7. The summed E-state index contributed by atoms with van der Waals surface area (Å²) in [5.41, 5.74) is 2.49. The van der Waals surface area contributed by atoms with Gasteiger partial charge in [-0.15, -0.1) is 0 Å². The summed E-state index contributed by atoms with van der Waals surface area (Å²) < 4.78 is 5.22. The Morgan fingerprint density at radius 1 is 1.06 bits per heavy atom. The lowest BCUT2D eigenvalue weighted by Gasteiger charge is -2.34. The molecule has 31 heavy (non-hydrogen) atoms. The number of carbonyl (C=O) groups excluding carboxylic acids is 2. The van der Waals surface area contributed by atoms with Gasteiger partial charge in [-0.1, -0.05) is 23.7 Å². The van der Waals surface area contributed by atoms with E-state index in [0.29, 0.717) is 61.3 Å². The molecule has 1 atom stereocenters. The molecular weight excluding hydrogens is 416 g/mol. The molecule has 0 spiro atoms. The van der Waals surface area contributed by atoms with E-state index in [2.05, 4.69) is 9.88 Å². The third-order valence-corrected chi connectivity index (χ3v) is 6.20. The second kappa shape index (κ2) is 8.15. The van der Waals surface area contributed by atoms with Crippen LogP contribution < -0.4 is 4.90 Å². The molecule has 1 saturated heterocycles. The van der Waals surface area contributed by atoms with Gasteiger partial charge in [-0.2, -0.15) is 0 Å². The molecule has 5 rings (SSSR count). The van der Waals surface area contributed by atoms with Gasteiger partial charge in [-0.25, -0.2) is 9.97 Å². The number of fused-ring (bicyclic) bond motifs is 1. The van der Waals surface area contributed by atoms with Crippen molar-refractivity contribution in [2.24, 2.45) is 0 Å². The molecule has 1 amide bonds. The molecule has 3 aromatic rings. The van der Waals surface area contributed by atoms with Crippen molar-refractivity contribution in [3.05, 3.63) is 76.5 Å². The molecule has 1 aliphatic heterocycles. The van der Waals surface area contributed by atoms with Gasteiger partial charge in [0.05, 0.1) is 17.5 Å². The minimum Gasteiger partial charge on any atom is -0.459 e. The van der Waals surface area contributed by atoms with Crippen LogP contribution in [0, 0.1) is 0 Å². The van der Waals surface area contributed by atoms with Crippen LogP contribution >= 0.6 is 11.6 Å². The summed E-state index contributed by atoms with van der Waals surface area (Å²) in [5, 5.41) is 0.681. The van der Waals surface area contributed by atoms with Crippen molar-refractivity contribution in [1.29, 1.82) is 0 Å². The van der Waals surface area contributed by atoms with Gasteiger partial charge < -0.3 is 14.2 Å². The summed E-state index contributed by atoms with van der Waals surface area (Å²) in [4.78, 5) is 38.2. The Morgan fingerprint density at radius 3 is 2.55 bits per heavy atom. The third-order valence-electron chi connectivity index (χ3n) is 5.95. The number of hydrogen-bond donors (Lipinski definition) is 0. The molecule has 8 heteroatoms. The number of benzene rings is 1. The molecule has 3 heterocycles. The Hall–Kier alpha value is -3.19. The fourth-order valence-corrected chi connectivity index (χ4v) is 4.35. The van der Waals surface area contributed by atoms with Crippen LogP contribution in [0.4, 0.5) is 5.95 Å². The SMILES string of the molecule is O=C1CC(c2ccc(Cl)cc2)Cc2nc(N3CCN(C(=O)c4ccco4)CC3)ncc21. The minimum absolute atomic E-state index is 0.0709. The first kappa shape index (κ1) is 19.8. The Bertz CT molecular complexity index is 1110. The van der Waals surface area contributed by atoms with E-state index in [-0.39, 0.29) is 17.6 Å². The number of rotatable bonds is 3. The van der Waals surface area contributed by atoms with Crippen LogP contribution in [0.25, 0.3) is 0 Å². The summed E-state index contributed by atoms with van der Waals surface area (Å²) in [7, 11) is 0. The van der Waals surface area contributed by atoms with Crippen LogP contribution in [0.15, 0.2) is 53.3 Å². The standard InChI is InChI=1S/C23H21ClN4O3/c24-17-5-3-15(4-6-17)16-12-19-18(20(29)13-16)14-25-23(26-19)28-9-7-27(8-10-28)22(30)21-2-1-11-31-21/h1-6,11,14,16H,7-10,12-13H2. The summed E-state index contributed by atoms with van der Waals surface area (Å²) in [5.74, 6) is 1.01. The fraction of sp³-hybridized carbons (Fsp3) is 0.304. The highest BCUT2D eigenvalue weighted by molar-refractivity contribution is 6.30. The molecule has 2 aromatic heterocycles. The maximum absolute atomic E-state index is 12.7. The summed E-state index contributed by atoms with van der Waals surface area (Å²) >= 11 is 6.00. The van der Waals surface area contributed by atoms with Crippen molar-refractivity contribution >= 4 is 29.2 Å². The highest BCUT2D eigenvalue weighted by Crippen LogP contribution is 2.33. The third kappa shape index (κ3) is 3.93. The first-order chi connectivity index (χ1) is 15.1. The van der Waals surface area contributed by atoms with Crippen molar-refractivity contribution in [2.75, 3.05) is 31.1 Å². The van der Waals surface area contributed by atoms with Crippen molar-refractivity contribution in [3.8, 4) is 0 Å². The van der Waals surface area contributed by atoms with Gasteiger partial charge in [0.2, 0.25) is 5.95 Å². The van der Waals surface area contributed by atoms with Gasteiger partial charge in [-0.3, -0.25) is 9.59 Å². The fourth-order valence-electron chi connectivity index (χ4n) is 4.22. The van der Waals surface area contributed by atoms with Crippen LogP contribution in [0.1, 0.15) is 44.5 Å².